The fourth-order valence-electron chi connectivity index (χ4n) is 1.31. The summed E-state index contributed by atoms with van der Waals surface area (Å²) < 4.78 is 5.50. The molecule has 0 aliphatic heterocycles. The van der Waals surface area contributed by atoms with E-state index < -0.39 is 0 Å². The van der Waals surface area contributed by atoms with E-state index in [0.29, 0.717) is 0 Å². The molecule has 0 bridgehead atoms. The van der Waals surface area contributed by atoms with Crippen LogP contribution < -0.4 is 4.74 Å². The molecule has 2 aromatic rings. The fraction of sp³-hybridized carbons (Fsp3) is 0.0769. The van der Waals surface area contributed by atoms with Crippen molar-refractivity contribution >= 4 is 27.5 Å². The number of benzene rings is 2. The third-order valence-electron chi connectivity index (χ3n) is 2.11. The highest BCUT2D eigenvalue weighted by molar-refractivity contribution is 9.09. The van der Waals surface area contributed by atoms with E-state index in [-0.39, 0.29) is 4.29 Å². The summed E-state index contributed by atoms with van der Waals surface area (Å²) in [4.78, 5) is 0. The molecule has 16 heavy (non-hydrogen) atoms. The van der Waals surface area contributed by atoms with Crippen molar-refractivity contribution in [1.29, 1.82) is 0 Å². The zero-order chi connectivity index (χ0) is 11.4. The number of rotatable bonds is 3. The van der Waals surface area contributed by atoms with E-state index in [4.69, 9.17) is 16.3 Å². The van der Waals surface area contributed by atoms with Crippen molar-refractivity contribution in [2.45, 2.75) is 4.29 Å². The standard InChI is InChI=1S/C13H10BrClO/c14-13(15)10-6-8-12(9-7-10)16-11-4-2-1-3-5-11/h1-9,13H. The topological polar surface area (TPSA) is 9.23 Å². The molecule has 82 valence electrons. The van der Waals surface area contributed by atoms with Crippen molar-refractivity contribution in [2.75, 3.05) is 0 Å². The molecule has 0 heterocycles. The highest BCUT2D eigenvalue weighted by Crippen LogP contribution is 2.29. The highest BCUT2D eigenvalue weighted by atomic mass is 79.9. The third-order valence-corrected chi connectivity index (χ3v) is 2.89. The van der Waals surface area contributed by atoms with E-state index in [9.17, 15) is 0 Å². The first kappa shape index (κ1) is 11.5. The lowest BCUT2D eigenvalue weighted by molar-refractivity contribution is 0.482. The number of hydrogen-bond acceptors (Lipinski definition) is 1. The smallest absolute Gasteiger partial charge is 0.127 e. The summed E-state index contributed by atoms with van der Waals surface area (Å²) in [6.45, 7) is 0. The molecule has 0 aromatic heterocycles. The fourth-order valence-corrected chi connectivity index (χ4v) is 1.76. The molecular formula is C13H10BrClO. The van der Waals surface area contributed by atoms with Crippen molar-refractivity contribution in [1.82, 2.24) is 0 Å². The van der Waals surface area contributed by atoms with Gasteiger partial charge in [-0.05, 0) is 29.8 Å². The van der Waals surface area contributed by atoms with Crippen molar-refractivity contribution < 1.29 is 4.74 Å². The summed E-state index contributed by atoms with van der Waals surface area (Å²) in [5, 5.41) is 0. The Labute approximate surface area is 108 Å². The van der Waals surface area contributed by atoms with Gasteiger partial charge in [-0.2, -0.15) is 0 Å². The average molecular weight is 298 g/mol. The summed E-state index contributed by atoms with van der Waals surface area (Å²) >= 11 is 9.19. The van der Waals surface area contributed by atoms with E-state index in [1.54, 1.807) is 0 Å². The molecule has 1 atom stereocenters. The van der Waals surface area contributed by atoms with Gasteiger partial charge in [-0.3, -0.25) is 0 Å². The van der Waals surface area contributed by atoms with Crippen molar-refractivity contribution in [3.05, 3.63) is 60.2 Å². The largest absolute Gasteiger partial charge is 0.457 e. The van der Waals surface area contributed by atoms with Crippen LogP contribution in [0.3, 0.4) is 0 Å². The Morgan fingerprint density at radius 3 is 2.00 bits per heavy atom. The molecule has 2 aromatic carbocycles. The highest BCUT2D eigenvalue weighted by Gasteiger charge is 2.02. The molecular weight excluding hydrogens is 287 g/mol. The lowest BCUT2D eigenvalue weighted by Gasteiger charge is -2.06. The molecule has 0 fully saturated rings. The van der Waals surface area contributed by atoms with Crippen LogP contribution in [0.1, 0.15) is 9.85 Å². The van der Waals surface area contributed by atoms with Crippen LogP contribution in [0.5, 0.6) is 11.5 Å². The van der Waals surface area contributed by atoms with Crippen molar-refractivity contribution in [2.24, 2.45) is 0 Å². The first-order valence-electron chi connectivity index (χ1n) is 4.87. The Kier molecular flexibility index (Phi) is 3.86. The van der Waals surface area contributed by atoms with Gasteiger partial charge in [0.05, 0.1) is 0 Å². The zero-order valence-electron chi connectivity index (χ0n) is 8.44. The van der Waals surface area contributed by atoms with Crippen LogP contribution in [0.15, 0.2) is 54.6 Å². The van der Waals surface area contributed by atoms with Gasteiger partial charge in [0.15, 0.2) is 0 Å². The average Bonchev–Trinajstić information content (AvgIpc) is 2.31. The molecule has 0 aliphatic carbocycles. The van der Waals surface area contributed by atoms with Gasteiger partial charge in [0.1, 0.15) is 15.8 Å². The number of alkyl halides is 2. The molecule has 0 aliphatic rings. The summed E-state index contributed by atoms with van der Waals surface area (Å²) in [5.41, 5.74) is 1.02. The lowest BCUT2D eigenvalue weighted by Crippen LogP contribution is -1.85. The van der Waals surface area contributed by atoms with Gasteiger partial charge in [0.2, 0.25) is 0 Å². The summed E-state index contributed by atoms with van der Waals surface area (Å²) in [5.74, 6) is 1.64. The van der Waals surface area contributed by atoms with Gasteiger partial charge in [-0.15, -0.1) is 11.6 Å². The Balaban J connectivity index is 2.11. The van der Waals surface area contributed by atoms with Gasteiger partial charge >= 0.3 is 0 Å². The Morgan fingerprint density at radius 1 is 0.875 bits per heavy atom. The molecule has 0 N–H and O–H groups in total. The minimum atomic E-state index is -0.154. The normalized spacial score (nSPS) is 12.1. The van der Waals surface area contributed by atoms with Crippen LogP contribution in [0, 0.1) is 0 Å². The molecule has 3 heteroatoms. The maximum absolute atomic E-state index is 5.89. The predicted octanol–water partition coefficient (Wildman–Crippen LogP) is 5.11. The Morgan fingerprint density at radius 2 is 1.44 bits per heavy atom. The van der Waals surface area contributed by atoms with E-state index in [0.717, 1.165) is 17.1 Å². The van der Waals surface area contributed by atoms with E-state index in [2.05, 4.69) is 15.9 Å². The van der Waals surface area contributed by atoms with Gasteiger partial charge < -0.3 is 4.74 Å². The molecule has 0 spiro atoms. The summed E-state index contributed by atoms with van der Waals surface area (Å²) in [6.07, 6.45) is 0. The third kappa shape index (κ3) is 3.00. The molecule has 0 amide bonds. The zero-order valence-corrected chi connectivity index (χ0v) is 10.8. The van der Waals surface area contributed by atoms with E-state index >= 15 is 0 Å². The minimum absolute atomic E-state index is 0.154. The quantitative estimate of drug-likeness (QED) is 0.715. The second-order valence-electron chi connectivity index (χ2n) is 3.28. The molecule has 0 saturated heterocycles. The van der Waals surface area contributed by atoms with Crippen LogP contribution in [-0.4, -0.2) is 0 Å². The summed E-state index contributed by atoms with van der Waals surface area (Å²) in [6, 6.07) is 17.4. The number of hydrogen-bond donors (Lipinski definition) is 0. The molecule has 0 saturated carbocycles. The number of ether oxygens (including phenoxy) is 1. The summed E-state index contributed by atoms with van der Waals surface area (Å²) in [7, 11) is 0. The lowest BCUT2D eigenvalue weighted by atomic mass is 10.2. The van der Waals surface area contributed by atoms with Crippen LogP contribution >= 0.6 is 27.5 Å². The molecule has 0 radical (unpaired) electrons. The first-order chi connectivity index (χ1) is 7.75. The number of halogens is 2. The van der Waals surface area contributed by atoms with Crippen molar-refractivity contribution in [3.8, 4) is 11.5 Å². The molecule has 1 nitrogen and oxygen atoms in total. The van der Waals surface area contributed by atoms with Gasteiger partial charge in [0.25, 0.3) is 0 Å². The molecule has 2 rings (SSSR count). The molecule has 1 unspecified atom stereocenters. The van der Waals surface area contributed by atoms with Crippen molar-refractivity contribution in [3.63, 3.8) is 0 Å². The minimum Gasteiger partial charge on any atom is -0.457 e. The van der Waals surface area contributed by atoms with Gasteiger partial charge in [-0.1, -0.05) is 46.3 Å². The number of para-hydroxylation sites is 1. The van der Waals surface area contributed by atoms with E-state index in [1.807, 2.05) is 54.6 Å². The van der Waals surface area contributed by atoms with Crippen LogP contribution in [0.25, 0.3) is 0 Å². The Bertz CT molecular complexity index is 439. The maximum Gasteiger partial charge on any atom is 0.127 e. The SMILES string of the molecule is ClC(Br)c1ccc(Oc2ccccc2)cc1. The van der Waals surface area contributed by atoms with Crippen LogP contribution in [-0.2, 0) is 0 Å². The second kappa shape index (κ2) is 5.37. The van der Waals surface area contributed by atoms with Crippen LogP contribution in [0.4, 0.5) is 0 Å². The second-order valence-corrected chi connectivity index (χ2v) is 5.16. The monoisotopic (exact) mass is 296 g/mol. The van der Waals surface area contributed by atoms with Gasteiger partial charge in [0, 0.05) is 0 Å². The van der Waals surface area contributed by atoms with E-state index in [1.165, 1.54) is 0 Å². The predicted molar refractivity (Wildman–Crippen MR) is 70.5 cm³/mol. The van der Waals surface area contributed by atoms with Crippen LogP contribution in [0.2, 0.25) is 0 Å². The van der Waals surface area contributed by atoms with Gasteiger partial charge in [-0.25, -0.2) is 0 Å². The Hall–Kier alpha value is -0.990. The first-order valence-corrected chi connectivity index (χ1v) is 6.22. The maximum atomic E-state index is 5.89.